The van der Waals surface area contributed by atoms with Crippen molar-refractivity contribution >= 4 is 15.9 Å². The molecule has 0 spiro atoms. The molecule has 1 aromatic rings. The molecule has 0 saturated carbocycles. The Hall–Kier alpha value is -0.650. The van der Waals surface area contributed by atoms with Gasteiger partial charge in [0.15, 0.2) is 0 Å². The number of alkyl halides is 2. The molecule has 0 aliphatic heterocycles. The van der Waals surface area contributed by atoms with Crippen molar-refractivity contribution in [2.24, 2.45) is 7.05 Å². The van der Waals surface area contributed by atoms with E-state index in [2.05, 4.69) is 21.0 Å². The zero-order valence-electron chi connectivity index (χ0n) is 6.51. The highest BCUT2D eigenvalue weighted by Crippen LogP contribution is 2.33. The van der Waals surface area contributed by atoms with Crippen molar-refractivity contribution < 1.29 is 13.5 Å². The summed E-state index contributed by atoms with van der Waals surface area (Å²) in [5.74, 6) is 0.297. The second-order valence-corrected chi connectivity index (χ2v) is 2.93. The first-order valence-corrected chi connectivity index (χ1v) is 3.91. The normalized spacial score (nSPS) is 10.8. The van der Waals surface area contributed by atoms with Gasteiger partial charge in [0.25, 0.3) is 6.43 Å². The summed E-state index contributed by atoms with van der Waals surface area (Å²) in [4.78, 5) is 0. The number of aromatic nitrogens is 2. The molecule has 0 bridgehead atoms. The molecule has 0 aliphatic carbocycles. The van der Waals surface area contributed by atoms with E-state index < -0.39 is 6.43 Å². The predicted octanol–water partition coefficient (Wildman–Crippen LogP) is 2.13. The third-order valence-corrected chi connectivity index (χ3v) is 2.11. The lowest BCUT2D eigenvalue weighted by Gasteiger charge is -1.97. The van der Waals surface area contributed by atoms with E-state index >= 15 is 0 Å². The van der Waals surface area contributed by atoms with Gasteiger partial charge in [-0.2, -0.15) is 5.10 Å². The quantitative estimate of drug-likeness (QED) is 0.792. The van der Waals surface area contributed by atoms with Gasteiger partial charge in [0.2, 0.25) is 5.88 Å². The van der Waals surface area contributed by atoms with E-state index in [9.17, 15) is 8.78 Å². The first kappa shape index (κ1) is 9.44. The Bertz CT molecular complexity index is 287. The molecule has 0 radical (unpaired) electrons. The summed E-state index contributed by atoms with van der Waals surface area (Å²) in [6, 6.07) is 0. The van der Waals surface area contributed by atoms with Crippen molar-refractivity contribution in [3.63, 3.8) is 0 Å². The molecule has 0 aromatic carbocycles. The molecule has 0 atom stereocenters. The maximum absolute atomic E-state index is 12.2. The molecule has 0 saturated heterocycles. The van der Waals surface area contributed by atoms with Gasteiger partial charge in [-0.15, -0.1) is 0 Å². The van der Waals surface area contributed by atoms with Crippen molar-refractivity contribution in [2.75, 3.05) is 7.11 Å². The zero-order valence-corrected chi connectivity index (χ0v) is 8.10. The van der Waals surface area contributed by atoms with Crippen LogP contribution in [0.1, 0.15) is 12.1 Å². The number of nitrogens with zero attached hydrogens (tertiary/aromatic N) is 2. The predicted molar refractivity (Wildman–Crippen MR) is 42.4 cm³/mol. The van der Waals surface area contributed by atoms with Crippen LogP contribution >= 0.6 is 15.9 Å². The van der Waals surface area contributed by atoms with Crippen molar-refractivity contribution in [1.29, 1.82) is 0 Å². The Balaban J connectivity index is 3.17. The highest BCUT2D eigenvalue weighted by atomic mass is 79.9. The largest absolute Gasteiger partial charge is 0.480 e. The van der Waals surface area contributed by atoms with Crippen LogP contribution in [0, 0.1) is 0 Å². The average molecular weight is 241 g/mol. The number of hydrogen-bond donors (Lipinski definition) is 0. The highest BCUT2D eigenvalue weighted by molar-refractivity contribution is 9.10. The SMILES string of the molecule is COc1c(Br)c(C(F)F)nn1C. The van der Waals surface area contributed by atoms with E-state index in [1.807, 2.05) is 0 Å². The maximum atomic E-state index is 12.2. The molecule has 0 fully saturated rings. The Morgan fingerprint density at radius 1 is 1.58 bits per heavy atom. The van der Waals surface area contributed by atoms with Crippen LogP contribution in [0.15, 0.2) is 4.47 Å². The van der Waals surface area contributed by atoms with Crippen LogP contribution in [0.25, 0.3) is 0 Å². The monoisotopic (exact) mass is 240 g/mol. The van der Waals surface area contributed by atoms with Gasteiger partial charge in [0, 0.05) is 7.05 Å². The molecule has 12 heavy (non-hydrogen) atoms. The van der Waals surface area contributed by atoms with Crippen LogP contribution in [-0.4, -0.2) is 16.9 Å². The molecule has 1 aromatic heterocycles. The minimum atomic E-state index is -2.59. The first-order chi connectivity index (χ1) is 5.57. The second-order valence-electron chi connectivity index (χ2n) is 2.13. The van der Waals surface area contributed by atoms with Gasteiger partial charge in [-0.1, -0.05) is 0 Å². The maximum Gasteiger partial charge on any atom is 0.283 e. The van der Waals surface area contributed by atoms with Crippen LogP contribution in [0.3, 0.4) is 0 Å². The smallest absolute Gasteiger partial charge is 0.283 e. The molecule has 0 unspecified atom stereocenters. The summed E-state index contributed by atoms with van der Waals surface area (Å²) in [6.45, 7) is 0. The Morgan fingerprint density at radius 3 is 2.42 bits per heavy atom. The van der Waals surface area contributed by atoms with E-state index in [4.69, 9.17) is 4.74 Å². The van der Waals surface area contributed by atoms with Gasteiger partial charge < -0.3 is 4.74 Å². The Morgan fingerprint density at radius 2 is 2.17 bits per heavy atom. The summed E-state index contributed by atoms with van der Waals surface area (Å²) in [7, 11) is 2.94. The second kappa shape index (κ2) is 3.38. The van der Waals surface area contributed by atoms with Gasteiger partial charge in [-0.25, -0.2) is 13.5 Å². The van der Waals surface area contributed by atoms with E-state index in [1.54, 1.807) is 0 Å². The van der Waals surface area contributed by atoms with Crippen molar-refractivity contribution in [2.45, 2.75) is 6.43 Å². The number of methoxy groups -OCH3 is 1. The third kappa shape index (κ3) is 1.43. The molecule has 0 amide bonds. The fourth-order valence-corrected chi connectivity index (χ4v) is 1.53. The number of halogens is 3. The van der Waals surface area contributed by atoms with E-state index in [-0.39, 0.29) is 10.2 Å². The van der Waals surface area contributed by atoms with E-state index in [0.717, 1.165) is 0 Å². The number of rotatable bonds is 2. The van der Waals surface area contributed by atoms with Crippen molar-refractivity contribution in [3.8, 4) is 5.88 Å². The number of hydrogen-bond acceptors (Lipinski definition) is 2. The van der Waals surface area contributed by atoms with Crippen molar-refractivity contribution in [3.05, 3.63) is 10.2 Å². The summed E-state index contributed by atoms with van der Waals surface area (Å²) in [6.07, 6.45) is -2.59. The summed E-state index contributed by atoms with van der Waals surface area (Å²) >= 11 is 2.97. The standard InChI is InChI=1S/C6H7BrF2N2O/c1-11-6(12-2)3(7)4(10-11)5(8)9/h5H,1-2H3. The van der Waals surface area contributed by atoms with E-state index in [1.165, 1.54) is 18.8 Å². The highest BCUT2D eigenvalue weighted by Gasteiger charge is 2.21. The summed E-state index contributed by atoms with van der Waals surface area (Å²) in [5, 5.41) is 3.58. The third-order valence-electron chi connectivity index (χ3n) is 1.36. The van der Waals surface area contributed by atoms with Crippen LogP contribution < -0.4 is 4.74 Å². The van der Waals surface area contributed by atoms with Gasteiger partial charge >= 0.3 is 0 Å². The molecule has 1 heterocycles. The molecule has 6 heteroatoms. The Labute approximate surface area is 76.4 Å². The van der Waals surface area contributed by atoms with Crippen molar-refractivity contribution in [1.82, 2.24) is 9.78 Å². The molecule has 0 aliphatic rings. The molecular formula is C6H7BrF2N2O. The molecule has 68 valence electrons. The lowest BCUT2D eigenvalue weighted by Crippen LogP contribution is -1.95. The van der Waals surface area contributed by atoms with Crippen LogP contribution in [0.5, 0.6) is 5.88 Å². The average Bonchev–Trinajstić information content (AvgIpc) is 2.27. The summed E-state index contributed by atoms with van der Waals surface area (Å²) < 4.78 is 30.7. The van der Waals surface area contributed by atoms with Gasteiger partial charge in [-0.05, 0) is 15.9 Å². The van der Waals surface area contributed by atoms with Gasteiger partial charge in [0.05, 0.1) is 7.11 Å². The molecule has 1 rings (SSSR count). The zero-order chi connectivity index (χ0) is 9.30. The lowest BCUT2D eigenvalue weighted by molar-refractivity contribution is 0.144. The fourth-order valence-electron chi connectivity index (χ4n) is 0.864. The Kier molecular flexibility index (Phi) is 2.66. The van der Waals surface area contributed by atoms with Crippen LogP contribution in [-0.2, 0) is 7.05 Å². The van der Waals surface area contributed by atoms with Crippen LogP contribution in [0.4, 0.5) is 8.78 Å². The van der Waals surface area contributed by atoms with E-state index in [0.29, 0.717) is 5.88 Å². The van der Waals surface area contributed by atoms with Gasteiger partial charge in [0.1, 0.15) is 10.2 Å². The molecular weight excluding hydrogens is 234 g/mol. The molecule has 3 nitrogen and oxygen atoms in total. The molecule has 0 N–H and O–H groups in total. The summed E-state index contributed by atoms with van der Waals surface area (Å²) in [5.41, 5.74) is -0.297. The minimum absolute atomic E-state index is 0.211. The topological polar surface area (TPSA) is 27.1 Å². The minimum Gasteiger partial charge on any atom is -0.480 e. The lowest BCUT2D eigenvalue weighted by atomic mass is 10.4. The number of ether oxygens (including phenoxy) is 1. The first-order valence-electron chi connectivity index (χ1n) is 3.12. The number of aryl methyl sites for hydroxylation is 1. The van der Waals surface area contributed by atoms with Crippen LogP contribution in [0.2, 0.25) is 0 Å². The fraction of sp³-hybridized carbons (Fsp3) is 0.500. The van der Waals surface area contributed by atoms with Gasteiger partial charge in [-0.3, -0.25) is 0 Å².